The Kier molecular flexibility index (Phi) is 5.23. The van der Waals surface area contributed by atoms with Crippen molar-refractivity contribution in [1.29, 1.82) is 0 Å². The van der Waals surface area contributed by atoms with E-state index >= 15 is 0 Å². The van der Waals surface area contributed by atoms with Crippen LogP contribution in [0.25, 0.3) is 0 Å². The molecular weight excluding hydrogens is 304 g/mol. The number of nitrogens with one attached hydrogen (secondary N) is 1. The van der Waals surface area contributed by atoms with Crippen LogP contribution >= 0.6 is 11.6 Å². The second-order valence-corrected chi connectivity index (χ2v) is 5.08. The van der Waals surface area contributed by atoms with Gasteiger partial charge in [0.15, 0.2) is 0 Å². The van der Waals surface area contributed by atoms with E-state index in [4.69, 9.17) is 16.7 Å². The van der Waals surface area contributed by atoms with E-state index < -0.39 is 28.8 Å². The van der Waals surface area contributed by atoms with E-state index in [1.54, 1.807) is 0 Å². The number of aliphatic hydroxyl groups is 1. The van der Waals surface area contributed by atoms with Gasteiger partial charge in [-0.2, -0.15) is 0 Å². The highest BCUT2D eigenvalue weighted by Crippen LogP contribution is 2.22. The molecule has 1 atom stereocenters. The molecule has 1 aromatic carbocycles. The first-order valence-corrected chi connectivity index (χ1v) is 6.16. The molecule has 8 nitrogen and oxygen atoms in total. The SMILES string of the molecule is CC(O)(CNC(=O)c1cc([N+](=O)[O-])ccc1Cl)CC(=O)O. The largest absolute Gasteiger partial charge is 0.481 e. The third-order valence-electron chi connectivity index (χ3n) is 2.57. The molecule has 0 saturated heterocycles. The maximum Gasteiger partial charge on any atom is 0.306 e. The number of amides is 1. The third kappa shape index (κ3) is 5.01. The summed E-state index contributed by atoms with van der Waals surface area (Å²) in [5, 5.41) is 31.3. The van der Waals surface area contributed by atoms with E-state index in [9.17, 15) is 24.8 Å². The summed E-state index contributed by atoms with van der Waals surface area (Å²) in [5.41, 5.74) is -2.08. The minimum Gasteiger partial charge on any atom is -0.481 e. The van der Waals surface area contributed by atoms with Gasteiger partial charge in [-0.05, 0) is 13.0 Å². The first-order valence-electron chi connectivity index (χ1n) is 5.79. The molecule has 114 valence electrons. The molecule has 0 saturated carbocycles. The lowest BCUT2D eigenvalue weighted by atomic mass is 10.0. The van der Waals surface area contributed by atoms with Crippen LogP contribution in [-0.4, -0.2) is 39.2 Å². The Morgan fingerprint density at radius 2 is 2.10 bits per heavy atom. The number of benzene rings is 1. The summed E-state index contributed by atoms with van der Waals surface area (Å²) in [6.45, 7) is 0.910. The summed E-state index contributed by atoms with van der Waals surface area (Å²) in [6, 6.07) is 3.37. The van der Waals surface area contributed by atoms with Crippen LogP contribution in [0.3, 0.4) is 0 Å². The van der Waals surface area contributed by atoms with Crippen LogP contribution < -0.4 is 5.32 Å². The van der Waals surface area contributed by atoms with Gasteiger partial charge in [-0.25, -0.2) is 0 Å². The Morgan fingerprint density at radius 1 is 1.48 bits per heavy atom. The summed E-state index contributed by atoms with van der Waals surface area (Å²) < 4.78 is 0. The first kappa shape index (κ1) is 16.9. The molecule has 0 bridgehead atoms. The number of aliphatic carboxylic acids is 1. The van der Waals surface area contributed by atoms with Crippen molar-refractivity contribution in [3.05, 3.63) is 38.9 Å². The fourth-order valence-corrected chi connectivity index (χ4v) is 1.76. The standard InChI is InChI=1S/C12H13ClN2O6/c1-12(19,5-10(16)17)6-14-11(18)8-4-7(15(20)21)2-3-9(8)13/h2-4,19H,5-6H2,1H3,(H,14,18)(H,16,17). The zero-order valence-electron chi connectivity index (χ0n) is 11.0. The summed E-state index contributed by atoms with van der Waals surface area (Å²) in [4.78, 5) is 32.4. The van der Waals surface area contributed by atoms with E-state index in [0.717, 1.165) is 12.1 Å². The van der Waals surface area contributed by atoms with Crippen molar-refractivity contribution in [2.24, 2.45) is 0 Å². The number of halogens is 1. The number of nitro groups is 1. The van der Waals surface area contributed by atoms with Crippen LogP contribution in [0.4, 0.5) is 5.69 Å². The molecule has 1 aromatic rings. The monoisotopic (exact) mass is 316 g/mol. The third-order valence-corrected chi connectivity index (χ3v) is 2.90. The van der Waals surface area contributed by atoms with Gasteiger partial charge in [0.1, 0.15) is 0 Å². The predicted octanol–water partition coefficient (Wildman–Crippen LogP) is 1.20. The molecule has 0 fully saturated rings. The van der Waals surface area contributed by atoms with Crippen molar-refractivity contribution in [3.63, 3.8) is 0 Å². The van der Waals surface area contributed by atoms with Gasteiger partial charge in [-0.15, -0.1) is 0 Å². The molecule has 0 heterocycles. The van der Waals surface area contributed by atoms with Gasteiger partial charge in [-0.3, -0.25) is 19.7 Å². The molecule has 0 aliphatic heterocycles. The molecule has 0 aromatic heterocycles. The van der Waals surface area contributed by atoms with Crippen LogP contribution in [0.5, 0.6) is 0 Å². The maximum atomic E-state index is 11.9. The first-order chi connectivity index (χ1) is 9.62. The Hall–Kier alpha value is -2.19. The van der Waals surface area contributed by atoms with Gasteiger partial charge >= 0.3 is 5.97 Å². The van der Waals surface area contributed by atoms with Crippen molar-refractivity contribution in [1.82, 2.24) is 5.32 Å². The number of carboxylic acids is 1. The maximum absolute atomic E-state index is 11.9. The van der Waals surface area contributed by atoms with Crippen LogP contribution in [0.2, 0.25) is 5.02 Å². The fraction of sp³-hybridized carbons (Fsp3) is 0.333. The Balaban J connectivity index is 2.83. The molecule has 21 heavy (non-hydrogen) atoms. The predicted molar refractivity (Wildman–Crippen MR) is 73.3 cm³/mol. The molecule has 0 radical (unpaired) electrons. The number of carbonyl (C=O) groups is 2. The van der Waals surface area contributed by atoms with Crippen LogP contribution in [0.1, 0.15) is 23.7 Å². The van der Waals surface area contributed by atoms with Gasteiger partial charge in [0.2, 0.25) is 0 Å². The highest BCUT2D eigenvalue weighted by molar-refractivity contribution is 6.33. The van der Waals surface area contributed by atoms with Crippen LogP contribution in [-0.2, 0) is 4.79 Å². The number of nitro benzene ring substituents is 1. The minimum atomic E-state index is -1.64. The molecular formula is C12H13ClN2O6. The van der Waals surface area contributed by atoms with E-state index in [1.165, 1.54) is 13.0 Å². The highest BCUT2D eigenvalue weighted by Gasteiger charge is 2.25. The molecule has 0 aliphatic carbocycles. The van der Waals surface area contributed by atoms with Crippen molar-refractivity contribution < 1.29 is 24.7 Å². The van der Waals surface area contributed by atoms with Crippen molar-refractivity contribution >= 4 is 29.2 Å². The number of hydrogen-bond donors (Lipinski definition) is 3. The van der Waals surface area contributed by atoms with E-state index in [1.807, 2.05) is 0 Å². The molecule has 1 unspecified atom stereocenters. The Morgan fingerprint density at radius 3 is 2.62 bits per heavy atom. The zero-order valence-corrected chi connectivity index (χ0v) is 11.8. The lowest BCUT2D eigenvalue weighted by molar-refractivity contribution is -0.384. The Labute approximate surface area is 124 Å². The van der Waals surface area contributed by atoms with Crippen molar-refractivity contribution in [2.45, 2.75) is 18.9 Å². The topological polar surface area (TPSA) is 130 Å². The summed E-state index contributed by atoms with van der Waals surface area (Å²) >= 11 is 5.79. The molecule has 1 rings (SSSR count). The Bertz CT molecular complexity index is 587. The van der Waals surface area contributed by atoms with Crippen LogP contribution in [0.15, 0.2) is 18.2 Å². The second kappa shape index (κ2) is 6.51. The number of non-ortho nitro benzene ring substituents is 1. The lowest BCUT2D eigenvalue weighted by Crippen LogP contribution is -2.42. The van der Waals surface area contributed by atoms with E-state index in [0.29, 0.717) is 0 Å². The summed E-state index contributed by atoms with van der Waals surface area (Å²) in [5.74, 6) is -1.96. The minimum absolute atomic E-state index is 0.0102. The second-order valence-electron chi connectivity index (χ2n) is 4.67. The lowest BCUT2D eigenvalue weighted by Gasteiger charge is -2.21. The number of nitrogens with zero attached hydrogens (tertiary/aromatic N) is 1. The molecule has 3 N–H and O–H groups in total. The molecule has 9 heteroatoms. The quantitative estimate of drug-likeness (QED) is 0.534. The highest BCUT2D eigenvalue weighted by atomic mass is 35.5. The van der Waals surface area contributed by atoms with Gasteiger partial charge in [0.05, 0.1) is 27.5 Å². The van der Waals surface area contributed by atoms with Crippen molar-refractivity contribution in [3.8, 4) is 0 Å². The van der Waals surface area contributed by atoms with Gasteiger partial charge in [-0.1, -0.05) is 11.6 Å². The average molecular weight is 317 g/mol. The molecule has 0 aliphatic rings. The number of hydrogen-bond acceptors (Lipinski definition) is 5. The molecule has 1 amide bonds. The van der Waals surface area contributed by atoms with Gasteiger partial charge in [0, 0.05) is 18.7 Å². The zero-order chi connectivity index (χ0) is 16.2. The number of carbonyl (C=O) groups excluding carboxylic acids is 1. The number of rotatable bonds is 6. The molecule has 0 spiro atoms. The van der Waals surface area contributed by atoms with Crippen molar-refractivity contribution in [2.75, 3.05) is 6.54 Å². The van der Waals surface area contributed by atoms with Gasteiger partial charge < -0.3 is 15.5 Å². The normalized spacial score (nSPS) is 13.3. The number of carboxylic acid groups (broad SMARTS) is 1. The van der Waals surface area contributed by atoms with E-state index in [2.05, 4.69) is 5.32 Å². The van der Waals surface area contributed by atoms with Gasteiger partial charge in [0.25, 0.3) is 11.6 Å². The van der Waals surface area contributed by atoms with E-state index in [-0.39, 0.29) is 22.8 Å². The fourth-order valence-electron chi connectivity index (χ4n) is 1.56. The van der Waals surface area contributed by atoms with Crippen LogP contribution in [0, 0.1) is 10.1 Å². The summed E-state index contributed by atoms with van der Waals surface area (Å²) in [7, 11) is 0. The summed E-state index contributed by atoms with van der Waals surface area (Å²) in [6.07, 6.45) is -0.560. The smallest absolute Gasteiger partial charge is 0.306 e. The average Bonchev–Trinajstić information content (AvgIpc) is 2.34.